The number of morpholine rings is 1. The number of hydrogen-bond donors (Lipinski definition) is 1. The summed E-state index contributed by atoms with van der Waals surface area (Å²) in [6.45, 7) is 8.36. The third-order valence-corrected chi connectivity index (χ3v) is 7.31. The summed E-state index contributed by atoms with van der Waals surface area (Å²) < 4.78 is 11.3. The van der Waals surface area contributed by atoms with Crippen molar-refractivity contribution < 1.29 is 24.2 Å². The Labute approximate surface area is 229 Å². The van der Waals surface area contributed by atoms with Gasteiger partial charge in [-0.1, -0.05) is 59.7 Å². The number of aliphatic hydroxyl groups is 1. The lowest BCUT2D eigenvalue weighted by molar-refractivity contribution is -0.140. The van der Waals surface area contributed by atoms with Gasteiger partial charge in [0.15, 0.2) is 0 Å². The molecule has 2 heterocycles. The highest BCUT2D eigenvalue weighted by Gasteiger charge is 2.46. The van der Waals surface area contributed by atoms with Crippen LogP contribution in [0.5, 0.6) is 5.75 Å². The standard InChI is InChI=1S/C32H34N2O5/c1-22-6-8-25(9-7-22)29-28(31(36)32(37)34(29)15-14-33-16-18-38-19-17-33)30(35)26-10-12-27(13-11-26)39-21-24-5-3-4-23(2)20-24/h3-13,20,29,35H,14-19,21H2,1-2H3/b30-28+. The van der Waals surface area contributed by atoms with Crippen LogP contribution in [0.3, 0.4) is 0 Å². The van der Waals surface area contributed by atoms with E-state index < -0.39 is 17.7 Å². The number of aryl methyl sites for hydroxylation is 2. The first-order valence-corrected chi connectivity index (χ1v) is 13.3. The van der Waals surface area contributed by atoms with Crippen molar-refractivity contribution >= 4 is 17.4 Å². The van der Waals surface area contributed by atoms with E-state index in [0.29, 0.717) is 44.2 Å². The number of hydrogen-bond acceptors (Lipinski definition) is 6. The minimum absolute atomic E-state index is 0.110. The maximum atomic E-state index is 13.3. The molecule has 3 aromatic carbocycles. The monoisotopic (exact) mass is 526 g/mol. The Kier molecular flexibility index (Phi) is 8.10. The molecule has 7 nitrogen and oxygen atoms in total. The molecule has 0 aliphatic carbocycles. The number of nitrogens with zero attached hydrogens (tertiary/aromatic N) is 2. The molecular formula is C32H34N2O5. The molecule has 0 saturated carbocycles. The molecule has 0 bridgehead atoms. The molecule has 2 saturated heterocycles. The first kappa shape index (κ1) is 26.7. The SMILES string of the molecule is Cc1ccc(C2/C(=C(\O)c3ccc(OCc4cccc(C)c4)cc3)C(=O)C(=O)N2CCN2CCOCC2)cc1. The zero-order valence-corrected chi connectivity index (χ0v) is 22.4. The quantitative estimate of drug-likeness (QED) is 0.262. The highest BCUT2D eigenvalue weighted by molar-refractivity contribution is 6.46. The molecule has 3 aromatic rings. The molecule has 2 fully saturated rings. The number of aliphatic hydroxyl groups excluding tert-OH is 1. The largest absolute Gasteiger partial charge is 0.507 e. The van der Waals surface area contributed by atoms with Crippen LogP contribution in [0.2, 0.25) is 0 Å². The van der Waals surface area contributed by atoms with Gasteiger partial charge in [-0.3, -0.25) is 14.5 Å². The maximum Gasteiger partial charge on any atom is 0.295 e. The van der Waals surface area contributed by atoms with Gasteiger partial charge in [0.25, 0.3) is 11.7 Å². The van der Waals surface area contributed by atoms with Crippen molar-refractivity contribution in [2.24, 2.45) is 0 Å². The zero-order chi connectivity index (χ0) is 27.4. The van der Waals surface area contributed by atoms with Gasteiger partial charge in [-0.05, 0) is 49.2 Å². The number of carbonyl (C=O) groups excluding carboxylic acids is 2. The van der Waals surface area contributed by atoms with Crippen LogP contribution >= 0.6 is 0 Å². The van der Waals surface area contributed by atoms with E-state index in [1.165, 1.54) is 5.56 Å². The van der Waals surface area contributed by atoms with Gasteiger partial charge in [0.1, 0.15) is 18.1 Å². The van der Waals surface area contributed by atoms with Gasteiger partial charge in [0.05, 0.1) is 24.8 Å². The summed E-state index contributed by atoms with van der Waals surface area (Å²) in [5.74, 6) is -0.791. The van der Waals surface area contributed by atoms with Crippen LogP contribution in [0, 0.1) is 13.8 Å². The van der Waals surface area contributed by atoms with Crippen molar-refractivity contribution in [3.05, 3.63) is 106 Å². The first-order chi connectivity index (χ1) is 18.9. The molecule has 0 radical (unpaired) electrons. The Hall–Kier alpha value is -3.94. The Morgan fingerprint density at radius 1 is 0.923 bits per heavy atom. The van der Waals surface area contributed by atoms with Crippen LogP contribution in [0.25, 0.3) is 5.76 Å². The summed E-state index contributed by atoms with van der Waals surface area (Å²) in [4.78, 5) is 30.4. The minimum atomic E-state index is -0.667. The van der Waals surface area contributed by atoms with Gasteiger partial charge >= 0.3 is 0 Å². The third-order valence-electron chi connectivity index (χ3n) is 7.31. The molecule has 202 valence electrons. The summed E-state index contributed by atoms with van der Waals surface area (Å²) in [6.07, 6.45) is 0. The number of benzene rings is 3. The minimum Gasteiger partial charge on any atom is -0.507 e. The molecule has 39 heavy (non-hydrogen) atoms. The summed E-state index contributed by atoms with van der Waals surface area (Å²) in [5, 5.41) is 11.4. The second kappa shape index (κ2) is 11.8. The fraction of sp³-hybridized carbons (Fsp3) is 0.312. The van der Waals surface area contributed by atoms with E-state index in [-0.39, 0.29) is 11.3 Å². The molecule has 0 spiro atoms. The van der Waals surface area contributed by atoms with E-state index in [2.05, 4.69) is 11.0 Å². The average Bonchev–Trinajstić information content (AvgIpc) is 3.21. The molecule has 5 rings (SSSR count). The summed E-state index contributed by atoms with van der Waals surface area (Å²) in [5.41, 5.74) is 4.67. The highest BCUT2D eigenvalue weighted by Crippen LogP contribution is 2.39. The Morgan fingerprint density at radius 3 is 2.33 bits per heavy atom. The van der Waals surface area contributed by atoms with Gasteiger partial charge in [-0.25, -0.2) is 0 Å². The number of Topliss-reactive ketones (excluding diaryl/α,β-unsaturated/α-hetero) is 1. The smallest absolute Gasteiger partial charge is 0.295 e. The van der Waals surface area contributed by atoms with Gasteiger partial charge in [-0.15, -0.1) is 0 Å². The molecule has 1 amide bonds. The first-order valence-electron chi connectivity index (χ1n) is 13.3. The van der Waals surface area contributed by atoms with E-state index in [1.807, 2.05) is 56.3 Å². The van der Waals surface area contributed by atoms with E-state index in [1.54, 1.807) is 29.2 Å². The summed E-state index contributed by atoms with van der Waals surface area (Å²) in [7, 11) is 0. The normalized spacial score (nSPS) is 19.4. The molecule has 1 N–H and O–H groups in total. The van der Waals surface area contributed by atoms with Gasteiger partial charge in [0.2, 0.25) is 0 Å². The fourth-order valence-electron chi connectivity index (χ4n) is 5.11. The van der Waals surface area contributed by atoms with Crippen LogP contribution < -0.4 is 4.74 Å². The van der Waals surface area contributed by atoms with Crippen LogP contribution in [-0.2, 0) is 20.9 Å². The van der Waals surface area contributed by atoms with Crippen molar-refractivity contribution in [3.8, 4) is 5.75 Å². The van der Waals surface area contributed by atoms with E-state index in [0.717, 1.165) is 29.8 Å². The van der Waals surface area contributed by atoms with Crippen molar-refractivity contribution in [2.75, 3.05) is 39.4 Å². The number of likely N-dealkylation sites (tertiary alicyclic amines) is 1. The van der Waals surface area contributed by atoms with Crippen LogP contribution in [0.1, 0.15) is 33.9 Å². The third kappa shape index (κ3) is 6.05. The van der Waals surface area contributed by atoms with Crippen molar-refractivity contribution in [1.29, 1.82) is 0 Å². The van der Waals surface area contributed by atoms with Crippen molar-refractivity contribution in [3.63, 3.8) is 0 Å². The number of carbonyl (C=O) groups is 2. The maximum absolute atomic E-state index is 13.3. The number of ketones is 1. The second-order valence-electron chi connectivity index (χ2n) is 10.2. The Balaban J connectivity index is 1.41. The van der Waals surface area contributed by atoms with Crippen LogP contribution in [-0.4, -0.2) is 66.0 Å². The lowest BCUT2D eigenvalue weighted by atomic mass is 9.94. The molecule has 2 aliphatic rings. The number of ether oxygens (including phenoxy) is 2. The zero-order valence-electron chi connectivity index (χ0n) is 22.4. The van der Waals surface area contributed by atoms with Gasteiger partial charge < -0.3 is 19.5 Å². The summed E-state index contributed by atoms with van der Waals surface area (Å²) >= 11 is 0. The van der Waals surface area contributed by atoms with E-state index in [9.17, 15) is 14.7 Å². The van der Waals surface area contributed by atoms with E-state index in [4.69, 9.17) is 9.47 Å². The second-order valence-corrected chi connectivity index (χ2v) is 10.2. The predicted molar refractivity (Wildman–Crippen MR) is 149 cm³/mol. The number of amides is 1. The predicted octanol–water partition coefficient (Wildman–Crippen LogP) is 4.64. The summed E-state index contributed by atoms with van der Waals surface area (Å²) in [6, 6.07) is 22.2. The molecule has 0 aromatic heterocycles. The van der Waals surface area contributed by atoms with Crippen molar-refractivity contribution in [1.82, 2.24) is 9.80 Å². The van der Waals surface area contributed by atoms with Crippen LogP contribution in [0.15, 0.2) is 78.4 Å². The Bertz CT molecular complexity index is 1360. The molecule has 7 heteroatoms. The highest BCUT2D eigenvalue weighted by atomic mass is 16.5. The molecular weight excluding hydrogens is 492 g/mol. The van der Waals surface area contributed by atoms with Gasteiger partial charge in [0, 0.05) is 31.7 Å². The molecule has 1 atom stereocenters. The fourth-order valence-corrected chi connectivity index (χ4v) is 5.11. The van der Waals surface area contributed by atoms with E-state index >= 15 is 0 Å². The Morgan fingerprint density at radius 2 is 1.64 bits per heavy atom. The number of rotatable bonds is 8. The lowest BCUT2D eigenvalue weighted by Crippen LogP contribution is -2.42. The van der Waals surface area contributed by atoms with Crippen LogP contribution in [0.4, 0.5) is 0 Å². The molecule has 1 unspecified atom stereocenters. The average molecular weight is 527 g/mol. The lowest BCUT2D eigenvalue weighted by Gasteiger charge is -2.31. The van der Waals surface area contributed by atoms with Crippen molar-refractivity contribution in [2.45, 2.75) is 26.5 Å². The van der Waals surface area contributed by atoms with Gasteiger partial charge in [-0.2, -0.15) is 0 Å². The topological polar surface area (TPSA) is 79.3 Å². The molecule has 2 aliphatic heterocycles.